The van der Waals surface area contributed by atoms with Crippen LogP contribution in [-0.4, -0.2) is 34.6 Å². The van der Waals surface area contributed by atoms with Gasteiger partial charge in [-0.05, 0) is 44.9 Å². The van der Waals surface area contributed by atoms with Crippen LogP contribution >= 0.6 is 0 Å². The summed E-state index contributed by atoms with van der Waals surface area (Å²) in [5, 5.41) is 12.3. The van der Waals surface area contributed by atoms with Crippen molar-refractivity contribution in [2.45, 2.75) is 38.7 Å². The van der Waals surface area contributed by atoms with E-state index in [9.17, 15) is 10.1 Å². The van der Waals surface area contributed by atoms with Crippen LogP contribution in [0.2, 0.25) is 0 Å². The first-order valence-electron chi connectivity index (χ1n) is 11.3. The lowest BCUT2D eigenvalue weighted by Gasteiger charge is -2.32. The summed E-state index contributed by atoms with van der Waals surface area (Å²) in [6.07, 6.45) is 5.22. The Kier molecular flexibility index (Phi) is 5.36. The number of nitrogens with two attached hydrogens (primary N) is 1. The van der Waals surface area contributed by atoms with E-state index in [4.69, 9.17) is 14.9 Å². The molecule has 3 aromatic rings. The summed E-state index contributed by atoms with van der Waals surface area (Å²) in [5.41, 5.74) is 8.86. The minimum absolute atomic E-state index is 0.0645. The number of hydrogen-bond donors (Lipinski definition) is 2. The normalized spacial score (nSPS) is 17.0. The first-order valence-corrected chi connectivity index (χ1v) is 11.3. The van der Waals surface area contributed by atoms with E-state index < -0.39 is 0 Å². The summed E-state index contributed by atoms with van der Waals surface area (Å²) in [4.78, 5) is 23.6. The average molecular weight is 459 g/mol. The SMILES string of the molecule is CC1(C)Cc2cc(NC(=O)c3coc(-c4ccnc(N)c4)n3)c(N3CCC(C#N)CC3)cc2O1. The first-order chi connectivity index (χ1) is 16.3. The van der Waals surface area contributed by atoms with Crippen molar-refractivity contribution < 1.29 is 13.9 Å². The predicted octanol–water partition coefficient (Wildman–Crippen LogP) is 4.02. The van der Waals surface area contributed by atoms with Gasteiger partial charge in [-0.25, -0.2) is 9.97 Å². The molecule has 0 unspecified atom stereocenters. The molecule has 2 aliphatic heterocycles. The molecule has 4 heterocycles. The van der Waals surface area contributed by atoms with Crippen LogP contribution in [0.5, 0.6) is 5.75 Å². The summed E-state index contributed by atoms with van der Waals surface area (Å²) in [6.45, 7) is 5.57. The molecule has 0 spiro atoms. The number of nitriles is 1. The molecule has 0 bridgehead atoms. The summed E-state index contributed by atoms with van der Waals surface area (Å²) in [7, 11) is 0. The van der Waals surface area contributed by atoms with Crippen molar-refractivity contribution in [3.63, 3.8) is 0 Å². The second-order valence-corrected chi connectivity index (χ2v) is 9.37. The van der Waals surface area contributed by atoms with Crippen LogP contribution in [0.1, 0.15) is 42.7 Å². The van der Waals surface area contributed by atoms with Gasteiger partial charge in [-0.3, -0.25) is 4.79 Å². The van der Waals surface area contributed by atoms with Gasteiger partial charge < -0.3 is 25.1 Å². The molecular weight excluding hydrogens is 432 g/mol. The maximum absolute atomic E-state index is 13.1. The van der Waals surface area contributed by atoms with E-state index in [-0.39, 0.29) is 23.1 Å². The third-order valence-corrected chi connectivity index (χ3v) is 6.21. The van der Waals surface area contributed by atoms with Crippen LogP contribution in [-0.2, 0) is 6.42 Å². The Labute approximate surface area is 197 Å². The Morgan fingerprint density at radius 3 is 2.82 bits per heavy atom. The van der Waals surface area contributed by atoms with Gasteiger partial charge in [0.25, 0.3) is 5.91 Å². The molecule has 0 aliphatic carbocycles. The topological polar surface area (TPSA) is 130 Å². The van der Waals surface area contributed by atoms with Gasteiger partial charge in [0.05, 0.1) is 17.4 Å². The smallest absolute Gasteiger partial charge is 0.277 e. The summed E-state index contributed by atoms with van der Waals surface area (Å²) in [6, 6.07) is 9.70. The highest BCUT2D eigenvalue weighted by Crippen LogP contribution is 2.42. The molecule has 1 amide bonds. The Balaban J connectivity index is 1.43. The number of fused-ring (bicyclic) bond motifs is 1. The van der Waals surface area contributed by atoms with E-state index in [1.165, 1.54) is 6.26 Å². The van der Waals surface area contributed by atoms with Crippen molar-refractivity contribution in [3.05, 3.63) is 48.0 Å². The molecule has 0 saturated carbocycles. The molecule has 5 rings (SSSR count). The average Bonchev–Trinajstić information content (AvgIpc) is 3.42. The fourth-order valence-electron chi connectivity index (χ4n) is 4.53. The molecule has 1 aromatic carbocycles. The van der Waals surface area contributed by atoms with E-state index >= 15 is 0 Å². The number of carbonyl (C=O) groups excluding carboxylic acids is 1. The third-order valence-electron chi connectivity index (χ3n) is 6.21. The number of piperidine rings is 1. The second kappa shape index (κ2) is 8.37. The number of nitrogen functional groups attached to an aromatic ring is 1. The molecule has 0 radical (unpaired) electrons. The Morgan fingerprint density at radius 2 is 2.09 bits per heavy atom. The number of oxazole rings is 1. The monoisotopic (exact) mass is 458 g/mol. The van der Waals surface area contributed by atoms with Crippen molar-refractivity contribution in [1.29, 1.82) is 5.26 Å². The molecule has 1 fully saturated rings. The fraction of sp³-hybridized carbons (Fsp3) is 0.360. The zero-order valence-corrected chi connectivity index (χ0v) is 19.2. The number of nitrogens with zero attached hydrogens (tertiary/aromatic N) is 4. The molecule has 2 aromatic heterocycles. The Bertz CT molecular complexity index is 1280. The number of nitrogens with one attached hydrogen (secondary N) is 1. The van der Waals surface area contributed by atoms with E-state index in [1.807, 2.05) is 26.0 Å². The molecule has 9 heteroatoms. The largest absolute Gasteiger partial charge is 0.487 e. The number of aromatic nitrogens is 2. The highest BCUT2D eigenvalue weighted by atomic mass is 16.5. The Morgan fingerprint density at radius 1 is 1.29 bits per heavy atom. The zero-order chi connectivity index (χ0) is 23.9. The van der Waals surface area contributed by atoms with Gasteiger partial charge in [0, 0.05) is 48.8 Å². The number of ether oxygens (including phenoxy) is 1. The molecule has 34 heavy (non-hydrogen) atoms. The van der Waals surface area contributed by atoms with E-state index in [1.54, 1.807) is 18.3 Å². The highest BCUT2D eigenvalue weighted by molar-refractivity contribution is 6.05. The second-order valence-electron chi connectivity index (χ2n) is 9.37. The predicted molar refractivity (Wildman–Crippen MR) is 128 cm³/mol. The molecular formula is C25H26N6O3. The number of hydrogen-bond acceptors (Lipinski definition) is 8. The van der Waals surface area contributed by atoms with E-state index in [0.717, 1.165) is 49.4 Å². The van der Waals surface area contributed by atoms with E-state index in [0.29, 0.717) is 23.0 Å². The van der Waals surface area contributed by atoms with Crippen LogP contribution < -0.4 is 20.7 Å². The summed E-state index contributed by atoms with van der Waals surface area (Å²) < 4.78 is 11.7. The van der Waals surface area contributed by atoms with Gasteiger partial charge >= 0.3 is 0 Å². The van der Waals surface area contributed by atoms with Gasteiger partial charge in [0.1, 0.15) is 23.4 Å². The number of amides is 1. The quantitative estimate of drug-likeness (QED) is 0.599. The standard InChI is InChI=1S/C25H26N6O3/c1-25(2)12-17-9-18(20(11-21(17)34-25)31-7-4-15(13-26)5-8-31)29-23(32)19-14-33-24(30-19)16-3-6-28-22(27)10-16/h3,6,9-11,14-15H,4-5,7-8,12H2,1-2H3,(H2,27,28)(H,29,32). The number of pyridine rings is 1. The van der Waals surface area contributed by atoms with Crippen LogP contribution in [0.25, 0.3) is 11.5 Å². The first kappa shape index (κ1) is 21.8. The van der Waals surface area contributed by atoms with Crippen molar-refractivity contribution in [2.24, 2.45) is 5.92 Å². The van der Waals surface area contributed by atoms with Gasteiger partial charge in [0.15, 0.2) is 5.69 Å². The van der Waals surface area contributed by atoms with Crippen molar-refractivity contribution >= 4 is 23.1 Å². The fourth-order valence-corrected chi connectivity index (χ4v) is 4.53. The Hall–Kier alpha value is -4.06. The summed E-state index contributed by atoms with van der Waals surface area (Å²) >= 11 is 0. The van der Waals surface area contributed by atoms with Crippen molar-refractivity contribution in [3.8, 4) is 23.3 Å². The maximum Gasteiger partial charge on any atom is 0.277 e. The van der Waals surface area contributed by atoms with Crippen molar-refractivity contribution in [2.75, 3.05) is 29.0 Å². The van der Waals surface area contributed by atoms with Gasteiger partial charge in [-0.15, -0.1) is 0 Å². The molecule has 3 N–H and O–H groups in total. The third kappa shape index (κ3) is 4.27. The van der Waals surface area contributed by atoms with Crippen molar-refractivity contribution in [1.82, 2.24) is 9.97 Å². The minimum atomic E-state index is -0.372. The molecule has 0 atom stereocenters. The van der Waals surface area contributed by atoms with Crippen LogP contribution in [0.3, 0.4) is 0 Å². The molecule has 1 saturated heterocycles. The summed E-state index contributed by atoms with van der Waals surface area (Å²) in [5.74, 6) is 1.16. The molecule has 9 nitrogen and oxygen atoms in total. The lowest BCUT2D eigenvalue weighted by atomic mass is 9.97. The van der Waals surface area contributed by atoms with E-state index in [2.05, 4.69) is 26.3 Å². The molecule has 174 valence electrons. The lowest BCUT2D eigenvalue weighted by Crippen LogP contribution is -2.34. The van der Waals surface area contributed by atoms with Gasteiger partial charge in [0.2, 0.25) is 5.89 Å². The van der Waals surface area contributed by atoms with Crippen LogP contribution in [0.15, 0.2) is 41.1 Å². The molecule has 2 aliphatic rings. The maximum atomic E-state index is 13.1. The van der Waals surface area contributed by atoms with Gasteiger partial charge in [-0.2, -0.15) is 5.26 Å². The lowest BCUT2D eigenvalue weighted by molar-refractivity contribution is 0.102. The van der Waals surface area contributed by atoms with Gasteiger partial charge in [-0.1, -0.05) is 0 Å². The highest BCUT2D eigenvalue weighted by Gasteiger charge is 2.32. The number of carbonyl (C=O) groups is 1. The van der Waals surface area contributed by atoms with Crippen LogP contribution in [0.4, 0.5) is 17.2 Å². The zero-order valence-electron chi connectivity index (χ0n) is 19.2. The number of rotatable bonds is 4. The number of anilines is 3. The minimum Gasteiger partial charge on any atom is -0.487 e. The number of benzene rings is 1. The van der Waals surface area contributed by atoms with Crippen LogP contribution in [0, 0.1) is 17.2 Å².